The number of ether oxygens (including phenoxy) is 1. The summed E-state index contributed by atoms with van der Waals surface area (Å²) in [6.45, 7) is 1.60. The van der Waals surface area contributed by atoms with Crippen molar-refractivity contribution in [3.05, 3.63) is 23.9 Å². The first-order valence-corrected chi connectivity index (χ1v) is 5.09. The van der Waals surface area contributed by atoms with E-state index in [1.165, 1.54) is 0 Å². The summed E-state index contributed by atoms with van der Waals surface area (Å²) in [5.74, 6) is 0.810. The van der Waals surface area contributed by atoms with Gasteiger partial charge in [0.05, 0.1) is 18.2 Å². The van der Waals surface area contributed by atoms with Crippen LogP contribution in [-0.2, 0) is 4.74 Å². The summed E-state index contributed by atoms with van der Waals surface area (Å²) in [4.78, 5) is 4.15. The van der Waals surface area contributed by atoms with Gasteiger partial charge in [-0.2, -0.15) is 5.26 Å². The van der Waals surface area contributed by atoms with E-state index >= 15 is 0 Å². The maximum atomic E-state index is 8.62. The molecule has 1 unspecified atom stereocenters. The van der Waals surface area contributed by atoms with Crippen molar-refractivity contribution in [2.75, 3.05) is 18.5 Å². The van der Waals surface area contributed by atoms with Crippen molar-refractivity contribution in [1.82, 2.24) is 4.98 Å². The van der Waals surface area contributed by atoms with E-state index in [4.69, 9.17) is 10.00 Å². The minimum atomic E-state index is 0.346. The lowest BCUT2D eigenvalue weighted by Gasteiger charge is -2.23. The maximum Gasteiger partial charge on any atom is 0.126 e. The first kappa shape index (κ1) is 9.94. The zero-order valence-electron chi connectivity index (χ0n) is 8.44. The van der Waals surface area contributed by atoms with Crippen molar-refractivity contribution in [2.45, 2.75) is 18.9 Å². The molecule has 1 fully saturated rings. The average molecular weight is 203 g/mol. The van der Waals surface area contributed by atoms with Crippen LogP contribution in [0.3, 0.4) is 0 Å². The van der Waals surface area contributed by atoms with Gasteiger partial charge in [0.2, 0.25) is 0 Å². The number of pyridine rings is 1. The van der Waals surface area contributed by atoms with Crippen LogP contribution in [0, 0.1) is 11.3 Å². The highest BCUT2D eigenvalue weighted by Gasteiger charge is 2.13. The van der Waals surface area contributed by atoms with Crippen molar-refractivity contribution in [3.63, 3.8) is 0 Å². The van der Waals surface area contributed by atoms with Crippen LogP contribution in [0.2, 0.25) is 0 Å². The van der Waals surface area contributed by atoms with Crippen LogP contribution in [0.1, 0.15) is 18.4 Å². The minimum absolute atomic E-state index is 0.346. The highest BCUT2D eigenvalue weighted by atomic mass is 16.5. The van der Waals surface area contributed by atoms with Gasteiger partial charge in [-0.25, -0.2) is 4.98 Å². The van der Waals surface area contributed by atoms with E-state index in [0.29, 0.717) is 11.6 Å². The fourth-order valence-electron chi connectivity index (χ4n) is 1.61. The van der Waals surface area contributed by atoms with Crippen LogP contribution in [0.4, 0.5) is 5.82 Å². The molecule has 1 atom stereocenters. The molecule has 4 heteroatoms. The lowest BCUT2D eigenvalue weighted by molar-refractivity contribution is 0.0875. The van der Waals surface area contributed by atoms with Crippen LogP contribution in [0.5, 0.6) is 0 Å². The Morgan fingerprint density at radius 1 is 1.53 bits per heavy atom. The number of nitriles is 1. The summed E-state index contributed by atoms with van der Waals surface area (Å²) < 4.78 is 5.36. The molecule has 0 spiro atoms. The Hall–Kier alpha value is -1.60. The van der Waals surface area contributed by atoms with Gasteiger partial charge in [0, 0.05) is 12.8 Å². The molecule has 15 heavy (non-hydrogen) atoms. The summed E-state index contributed by atoms with van der Waals surface area (Å²) in [6, 6.07) is 5.98. The summed E-state index contributed by atoms with van der Waals surface area (Å²) in [6.07, 6.45) is 3.78. The molecule has 4 nitrogen and oxygen atoms in total. The SMILES string of the molecule is N#Cc1ccc(NC2CCCOC2)nc1. The number of aromatic nitrogens is 1. The molecule has 0 amide bonds. The molecule has 1 aromatic rings. The van der Waals surface area contributed by atoms with Gasteiger partial charge >= 0.3 is 0 Å². The van der Waals surface area contributed by atoms with Crippen LogP contribution in [0.25, 0.3) is 0 Å². The lowest BCUT2D eigenvalue weighted by Crippen LogP contribution is -2.30. The Kier molecular flexibility index (Phi) is 3.15. The van der Waals surface area contributed by atoms with Crippen LogP contribution >= 0.6 is 0 Å². The monoisotopic (exact) mass is 203 g/mol. The molecule has 0 bridgehead atoms. The molecule has 78 valence electrons. The highest BCUT2D eigenvalue weighted by Crippen LogP contribution is 2.12. The molecule has 1 aliphatic rings. The second kappa shape index (κ2) is 4.76. The van der Waals surface area contributed by atoms with Crippen LogP contribution in [0.15, 0.2) is 18.3 Å². The highest BCUT2D eigenvalue weighted by molar-refractivity contribution is 5.39. The molecule has 0 radical (unpaired) electrons. The second-order valence-corrected chi connectivity index (χ2v) is 3.60. The third-order valence-corrected chi connectivity index (χ3v) is 2.40. The first-order valence-electron chi connectivity index (χ1n) is 5.09. The molecule has 0 aromatic carbocycles. The van der Waals surface area contributed by atoms with E-state index in [9.17, 15) is 0 Å². The average Bonchev–Trinajstić information content (AvgIpc) is 2.31. The lowest BCUT2D eigenvalue weighted by atomic mass is 10.1. The predicted octanol–water partition coefficient (Wildman–Crippen LogP) is 1.54. The molecule has 2 heterocycles. The molecule has 0 aliphatic carbocycles. The number of hydrogen-bond acceptors (Lipinski definition) is 4. The Balaban J connectivity index is 1.95. The summed E-state index contributed by atoms with van der Waals surface area (Å²) >= 11 is 0. The van der Waals surface area contributed by atoms with Gasteiger partial charge in [-0.3, -0.25) is 0 Å². The Morgan fingerprint density at radius 3 is 3.07 bits per heavy atom. The number of rotatable bonds is 2. The van der Waals surface area contributed by atoms with Crippen molar-refractivity contribution in [1.29, 1.82) is 5.26 Å². The molecule has 1 aromatic heterocycles. The molecule has 1 saturated heterocycles. The molecule has 2 rings (SSSR count). The van der Waals surface area contributed by atoms with Gasteiger partial charge in [-0.15, -0.1) is 0 Å². The Morgan fingerprint density at radius 2 is 2.47 bits per heavy atom. The van der Waals surface area contributed by atoms with Gasteiger partial charge in [0.25, 0.3) is 0 Å². The third-order valence-electron chi connectivity index (χ3n) is 2.40. The number of nitrogens with one attached hydrogen (secondary N) is 1. The van der Waals surface area contributed by atoms with Crippen LogP contribution in [-0.4, -0.2) is 24.2 Å². The first-order chi connectivity index (χ1) is 7.38. The van der Waals surface area contributed by atoms with E-state index in [2.05, 4.69) is 10.3 Å². The summed E-state index contributed by atoms with van der Waals surface area (Å²) in [5.41, 5.74) is 0.584. The molecular weight excluding hydrogens is 190 g/mol. The van der Waals surface area contributed by atoms with Gasteiger partial charge in [0.1, 0.15) is 11.9 Å². The van der Waals surface area contributed by atoms with Crippen molar-refractivity contribution < 1.29 is 4.74 Å². The normalized spacial score (nSPS) is 20.6. The van der Waals surface area contributed by atoms with Crippen LogP contribution < -0.4 is 5.32 Å². The third kappa shape index (κ3) is 2.67. The largest absolute Gasteiger partial charge is 0.379 e. The number of anilines is 1. The topological polar surface area (TPSA) is 57.9 Å². The van der Waals surface area contributed by atoms with Gasteiger partial charge in [-0.05, 0) is 25.0 Å². The quantitative estimate of drug-likeness (QED) is 0.792. The van der Waals surface area contributed by atoms with Gasteiger partial charge < -0.3 is 10.1 Å². The molecule has 0 saturated carbocycles. The Labute approximate surface area is 88.9 Å². The summed E-state index contributed by atoms with van der Waals surface area (Å²) in [7, 11) is 0. The predicted molar refractivity (Wildman–Crippen MR) is 56.4 cm³/mol. The van der Waals surface area contributed by atoms with Crippen molar-refractivity contribution >= 4 is 5.82 Å². The standard InChI is InChI=1S/C11H13N3O/c12-6-9-3-4-11(13-7-9)14-10-2-1-5-15-8-10/h3-4,7,10H,1-2,5,8H2,(H,13,14). The number of nitrogens with zero attached hydrogens (tertiary/aromatic N) is 2. The fourth-order valence-corrected chi connectivity index (χ4v) is 1.61. The van der Waals surface area contributed by atoms with E-state index in [0.717, 1.165) is 31.9 Å². The van der Waals surface area contributed by atoms with Crippen molar-refractivity contribution in [3.8, 4) is 6.07 Å². The van der Waals surface area contributed by atoms with Crippen molar-refractivity contribution in [2.24, 2.45) is 0 Å². The zero-order valence-corrected chi connectivity index (χ0v) is 8.44. The molecule has 1 aliphatic heterocycles. The Bertz CT molecular complexity index is 349. The molecule has 1 N–H and O–H groups in total. The molecular formula is C11H13N3O. The summed E-state index contributed by atoms with van der Waals surface area (Å²) in [5, 5.41) is 11.9. The maximum absolute atomic E-state index is 8.62. The second-order valence-electron chi connectivity index (χ2n) is 3.60. The van der Waals surface area contributed by atoms with E-state index in [1.54, 1.807) is 12.3 Å². The van der Waals surface area contributed by atoms with Gasteiger partial charge in [-0.1, -0.05) is 0 Å². The van der Waals surface area contributed by atoms with E-state index in [-0.39, 0.29) is 0 Å². The van der Waals surface area contributed by atoms with E-state index in [1.807, 2.05) is 12.1 Å². The smallest absolute Gasteiger partial charge is 0.126 e. The minimum Gasteiger partial charge on any atom is -0.379 e. The zero-order chi connectivity index (χ0) is 10.5. The van der Waals surface area contributed by atoms with E-state index < -0.39 is 0 Å². The van der Waals surface area contributed by atoms with Gasteiger partial charge in [0.15, 0.2) is 0 Å². The number of hydrogen-bond donors (Lipinski definition) is 1. The fraction of sp³-hybridized carbons (Fsp3) is 0.455.